The molecule has 0 aliphatic carbocycles. The highest BCUT2D eigenvalue weighted by Gasteiger charge is 2.61. The third-order valence-electron chi connectivity index (χ3n) is 5.25. The van der Waals surface area contributed by atoms with Crippen LogP contribution in [-0.2, 0) is 14.3 Å². The van der Waals surface area contributed by atoms with Crippen molar-refractivity contribution in [2.75, 3.05) is 13.2 Å². The van der Waals surface area contributed by atoms with Gasteiger partial charge in [-0.2, -0.15) is 0 Å². The molecule has 7 heteroatoms. The Hall–Kier alpha value is -1.12. The van der Waals surface area contributed by atoms with Gasteiger partial charge in [0.25, 0.3) is 0 Å². The van der Waals surface area contributed by atoms with E-state index >= 15 is 0 Å². The van der Waals surface area contributed by atoms with E-state index in [2.05, 4.69) is 0 Å². The molecule has 0 aromatic heterocycles. The summed E-state index contributed by atoms with van der Waals surface area (Å²) in [5.74, 6) is -3.34. The number of ketones is 2. The van der Waals surface area contributed by atoms with Gasteiger partial charge >= 0.3 is 0 Å². The number of hydrogen-bond donors (Lipinski definition) is 4. The average molecular weight is 372 g/mol. The second-order valence-electron chi connectivity index (χ2n) is 7.20. The molecule has 150 valence electrons. The van der Waals surface area contributed by atoms with Gasteiger partial charge in [0.2, 0.25) is 0 Å². The Bertz CT molecular complexity index is 518. The monoisotopic (exact) mass is 372 g/mol. The zero-order chi connectivity index (χ0) is 20.1. The van der Waals surface area contributed by atoms with Crippen molar-refractivity contribution in [3.05, 3.63) is 12.2 Å². The van der Waals surface area contributed by atoms with Crippen LogP contribution < -0.4 is 0 Å². The maximum atomic E-state index is 12.7. The Labute approximate surface area is 154 Å². The predicted molar refractivity (Wildman–Crippen MR) is 95.3 cm³/mol. The molecule has 4 N–H and O–H groups in total. The van der Waals surface area contributed by atoms with Gasteiger partial charge in [-0.25, -0.2) is 0 Å². The van der Waals surface area contributed by atoms with Crippen LogP contribution in [0.4, 0.5) is 0 Å². The summed E-state index contributed by atoms with van der Waals surface area (Å²) in [7, 11) is 0. The maximum Gasteiger partial charge on any atom is 0.148 e. The number of aliphatic hydroxyl groups is 4. The zero-order valence-corrected chi connectivity index (χ0v) is 16.0. The minimum atomic E-state index is -1.35. The van der Waals surface area contributed by atoms with E-state index in [-0.39, 0.29) is 30.6 Å². The van der Waals surface area contributed by atoms with E-state index in [1.54, 1.807) is 13.8 Å². The number of allylic oxidation sites excluding steroid dienone is 1. The fourth-order valence-corrected chi connectivity index (χ4v) is 3.45. The molecule has 1 aliphatic rings. The summed E-state index contributed by atoms with van der Waals surface area (Å²) in [4.78, 5) is 24.2. The summed E-state index contributed by atoms with van der Waals surface area (Å²) >= 11 is 0. The number of Topliss-reactive ketones (excluding diaryl/α,β-unsaturated/α-hetero) is 2. The summed E-state index contributed by atoms with van der Waals surface area (Å²) in [5, 5.41) is 40.0. The molecule has 26 heavy (non-hydrogen) atoms. The topological polar surface area (TPSA) is 128 Å². The number of rotatable bonds is 12. The van der Waals surface area contributed by atoms with Crippen LogP contribution >= 0.6 is 0 Å². The van der Waals surface area contributed by atoms with Crippen LogP contribution in [0.3, 0.4) is 0 Å². The molecule has 1 aliphatic heterocycles. The number of epoxide rings is 1. The summed E-state index contributed by atoms with van der Waals surface area (Å²) < 4.78 is 5.63. The number of ether oxygens (including phenoxy) is 1. The van der Waals surface area contributed by atoms with E-state index in [1.165, 1.54) is 0 Å². The summed E-state index contributed by atoms with van der Waals surface area (Å²) in [5.41, 5.74) is -0.994. The first kappa shape index (κ1) is 22.9. The lowest BCUT2D eigenvalue weighted by atomic mass is 9.79. The maximum absolute atomic E-state index is 12.7. The number of carbonyl (C=O) groups excluding carboxylic acids is 2. The molecule has 7 nitrogen and oxygen atoms in total. The average Bonchev–Trinajstić information content (AvgIpc) is 3.29. The summed E-state index contributed by atoms with van der Waals surface area (Å²) in [6.07, 6.45) is 0.816. The lowest BCUT2D eigenvalue weighted by molar-refractivity contribution is -0.140. The van der Waals surface area contributed by atoms with E-state index in [0.717, 1.165) is 0 Å². The Kier molecular flexibility index (Phi) is 8.56. The lowest BCUT2D eigenvalue weighted by Crippen LogP contribution is -2.47. The lowest BCUT2D eigenvalue weighted by Gasteiger charge is -2.28. The van der Waals surface area contributed by atoms with Gasteiger partial charge in [0.1, 0.15) is 17.2 Å². The molecule has 1 rings (SSSR count). The van der Waals surface area contributed by atoms with Crippen LogP contribution in [-0.4, -0.2) is 69.1 Å². The third kappa shape index (κ3) is 4.98. The van der Waals surface area contributed by atoms with Crippen LogP contribution in [0.15, 0.2) is 12.2 Å². The van der Waals surface area contributed by atoms with Crippen molar-refractivity contribution in [3.63, 3.8) is 0 Å². The fourth-order valence-electron chi connectivity index (χ4n) is 3.45. The van der Waals surface area contributed by atoms with Gasteiger partial charge in [0.15, 0.2) is 0 Å². The van der Waals surface area contributed by atoms with Crippen LogP contribution in [0, 0.1) is 17.8 Å². The van der Waals surface area contributed by atoms with E-state index < -0.39 is 48.6 Å². The molecule has 0 aromatic carbocycles. The van der Waals surface area contributed by atoms with Crippen molar-refractivity contribution in [1.82, 2.24) is 0 Å². The second-order valence-corrected chi connectivity index (χ2v) is 7.20. The zero-order valence-electron chi connectivity index (χ0n) is 16.0. The highest BCUT2D eigenvalue weighted by Crippen LogP contribution is 2.46. The first-order valence-electron chi connectivity index (χ1n) is 9.11. The van der Waals surface area contributed by atoms with Crippen LogP contribution in [0.2, 0.25) is 0 Å². The van der Waals surface area contributed by atoms with Crippen molar-refractivity contribution in [1.29, 1.82) is 0 Å². The van der Waals surface area contributed by atoms with Gasteiger partial charge in [-0.05, 0) is 13.8 Å². The van der Waals surface area contributed by atoms with E-state index in [4.69, 9.17) is 4.74 Å². The van der Waals surface area contributed by atoms with Crippen LogP contribution in [0.5, 0.6) is 0 Å². The number of carbonyl (C=O) groups is 2. The normalized spacial score (nSPS) is 28.4. The Balaban J connectivity index is 2.88. The molecule has 0 radical (unpaired) electrons. The van der Waals surface area contributed by atoms with Gasteiger partial charge in [0.05, 0.1) is 43.4 Å². The predicted octanol–water partition coefficient (Wildman–Crippen LogP) is 0.233. The van der Waals surface area contributed by atoms with Gasteiger partial charge in [0, 0.05) is 18.8 Å². The largest absolute Gasteiger partial charge is 0.396 e. The summed E-state index contributed by atoms with van der Waals surface area (Å²) in [6, 6.07) is 0. The standard InChI is InChI=1S/C19H32O7/c1-5-7-11(3)18-19(4,26-18)17(25)14(10-21)16(24)13(9-20)15(23)8-12(22)6-2/h5,7,11,13-15,17-18,20-21,23,25H,6,8-10H2,1-4H3/t11-,13+,14-,15+,17-,18+,19?/m0/s1. The highest BCUT2D eigenvalue weighted by atomic mass is 16.6. The fraction of sp³-hybridized carbons (Fsp3) is 0.789. The van der Waals surface area contributed by atoms with Crippen molar-refractivity contribution in [2.45, 2.75) is 64.4 Å². The number of hydrogen-bond acceptors (Lipinski definition) is 7. The molecular formula is C19H32O7. The molecule has 1 heterocycles. The van der Waals surface area contributed by atoms with E-state index in [1.807, 2.05) is 26.0 Å². The first-order chi connectivity index (χ1) is 12.2. The van der Waals surface area contributed by atoms with Crippen molar-refractivity contribution in [3.8, 4) is 0 Å². The van der Waals surface area contributed by atoms with Crippen LogP contribution in [0.25, 0.3) is 0 Å². The molecule has 0 bridgehead atoms. The molecule has 1 unspecified atom stereocenters. The smallest absolute Gasteiger partial charge is 0.148 e. The molecule has 7 atom stereocenters. The molecule has 1 fully saturated rings. The quantitative estimate of drug-likeness (QED) is 0.285. The number of aliphatic hydroxyl groups excluding tert-OH is 4. The van der Waals surface area contributed by atoms with Crippen molar-refractivity contribution < 1.29 is 34.8 Å². The van der Waals surface area contributed by atoms with Gasteiger partial charge in [-0.1, -0.05) is 26.0 Å². The van der Waals surface area contributed by atoms with Crippen molar-refractivity contribution >= 4 is 11.6 Å². The van der Waals surface area contributed by atoms with E-state index in [0.29, 0.717) is 0 Å². The first-order valence-corrected chi connectivity index (χ1v) is 9.11. The molecule has 0 amide bonds. The molecule has 1 saturated heterocycles. The molecule has 0 saturated carbocycles. The summed E-state index contributed by atoms with van der Waals surface area (Å²) in [6.45, 7) is 5.79. The highest BCUT2D eigenvalue weighted by molar-refractivity contribution is 5.86. The van der Waals surface area contributed by atoms with Gasteiger partial charge < -0.3 is 25.2 Å². The second kappa shape index (κ2) is 9.71. The van der Waals surface area contributed by atoms with Gasteiger partial charge in [-0.3, -0.25) is 9.59 Å². The van der Waals surface area contributed by atoms with E-state index in [9.17, 15) is 30.0 Å². The molecule has 0 aromatic rings. The van der Waals surface area contributed by atoms with Crippen molar-refractivity contribution in [2.24, 2.45) is 17.8 Å². The molecule has 0 spiro atoms. The Morgan fingerprint density at radius 1 is 1.19 bits per heavy atom. The molecular weight excluding hydrogens is 340 g/mol. The Morgan fingerprint density at radius 3 is 2.23 bits per heavy atom. The minimum Gasteiger partial charge on any atom is -0.396 e. The SMILES string of the molecule is CC=C[C@H](C)[C@H]1OC1(C)[C@@H](O)[C@@H](CO)C(=O)[C@H](CO)[C@H](O)CC(=O)CC. The van der Waals surface area contributed by atoms with Gasteiger partial charge in [-0.15, -0.1) is 0 Å². The third-order valence-corrected chi connectivity index (χ3v) is 5.25. The Morgan fingerprint density at radius 2 is 1.77 bits per heavy atom. The van der Waals surface area contributed by atoms with Crippen LogP contribution in [0.1, 0.15) is 40.5 Å². The minimum absolute atomic E-state index is 0.0236.